The van der Waals surface area contributed by atoms with Gasteiger partial charge in [-0.05, 0) is 37.0 Å². The van der Waals surface area contributed by atoms with E-state index < -0.39 is 10.2 Å². The molecule has 32 heavy (non-hydrogen) atoms. The molecule has 166 valence electrons. The molecule has 1 heterocycles. The van der Waals surface area contributed by atoms with Crippen LogP contribution < -0.4 is 5.32 Å². The lowest BCUT2D eigenvalue weighted by Crippen LogP contribution is -2.20. The SMILES string of the molecule is Cc1ccc(NC(=O)C(Sc2nnc(C(C)C)n2C2CC2)c2ccccc2)c([N+](=O)[O-])c1. The molecule has 1 N–H and O–H groups in total. The van der Waals surface area contributed by atoms with Crippen LogP contribution in [0.3, 0.4) is 0 Å². The maximum atomic E-state index is 13.4. The van der Waals surface area contributed by atoms with Crippen molar-refractivity contribution in [2.24, 2.45) is 0 Å². The molecular formula is C23H25N5O3S. The molecule has 2 aromatic carbocycles. The normalized spacial score (nSPS) is 14.4. The molecule has 3 aromatic rings. The van der Waals surface area contributed by atoms with Gasteiger partial charge >= 0.3 is 0 Å². The third-order valence-corrected chi connectivity index (χ3v) is 6.50. The van der Waals surface area contributed by atoms with Gasteiger partial charge in [-0.1, -0.05) is 62.0 Å². The van der Waals surface area contributed by atoms with E-state index in [0.717, 1.165) is 29.8 Å². The Balaban J connectivity index is 1.68. The Bertz CT molecular complexity index is 1140. The number of nitro groups is 1. The molecule has 0 saturated heterocycles. The van der Waals surface area contributed by atoms with Crippen LogP contribution in [0.15, 0.2) is 53.7 Å². The number of nitro benzene ring substituents is 1. The number of aromatic nitrogens is 3. The molecule has 1 amide bonds. The largest absolute Gasteiger partial charge is 0.319 e. The standard InChI is InChI=1S/C23H25N5O3S/c1-14(2)21-25-26-23(27(21)17-10-11-17)32-20(16-7-5-4-6-8-16)22(29)24-18-12-9-15(3)13-19(18)28(30)31/h4-9,12-14,17,20H,10-11H2,1-3H3,(H,24,29). The molecule has 1 saturated carbocycles. The van der Waals surface area contributed by atoms with Crippen molar-refractivity contribution >= 4 is 29.0 Å². The second-order valence-corrected chi connectivity index (χ2v) is 9.34. The molecule has 0 aliphatic heterocycles. The summed E-state index contributed by atoms with van der Waals surface area (Å²) in [6, 6.07) is 14.5. The van der Waals surface area contributed by atoms with Gasteiger partial charge in [-0.2, -0.15) is 0 Å². The molecule has 1 aliphatic rings. The fourth-order valence-corrected chi connectivity index (χ4v) is 4.66. The number of hydrogen-bond acceptors (Lipinski definition) is 6. The molecule has 4 rings (SSSR count). The number of aryl methyl sites for hydroxylation is 1. The summed E-state index contributed by atoms with van der Waals surface area (Å²) in [5.74, 6) is 0.789. The highest BCUT2D eigenvalue weighted by Crippen LogP contribution is 2.43. The van der Waals surface area contributed by atoms with E-state index >= 15 is 0 Å². The summed E-state index contributed by atoms with van der Waals surface area (Å²) < 4.78 is 2.15. The van der Waals surface area contributed by atoms with E-state index in [2.05, 4.69) is 33.9 Å². The number of thioether (sulfide) groups is 1. The first-order valence-electron chi connectivity index (χ1n) is 10.6. The maximum Gasteiger partial charge on any atom is 0.293 e. The molecule has 1 aliphatic carbocycles. The van der Waals surface area contributed by atoms with Crippen LogP contribution in [0.25, 0.3) is 0 Å². The number of nitrogens with one attached hydrogen (secondary N) is 1. The Morgan fingerprint density at radius 2 is 1.91 bits per heavy atom. The Morgan fingerprint density at radius 1 is 1.19 bits per heavy atom. The Kier molecular flexibility index (Phi) is 6.27. The molecule has 8 nitrogen and oxygen atoms in total. The van der Waals surface area contributed by atoms with Gasteiger partial charge in [-0.25, -0.2) is 0 Å². The minimum absolute atomic E-state index is 0.126. The molecule has 0 radical (unpaired) electrons. The molecule has 1 fully saturated rings. The highest BCUT2D eigenvalue weighted by atomic mass is 32.2. The van der Waals surface area contributed by atoms with E-state index in [0.29, 0.717) is 11.2 Å². The first kappa shape index (κ1) is 22.0. The topological polar surface area (TPSA) is 103 Å². The summed E-state index contributed by atoms with van der Waals surface area (Å²) in [5, 5.41) is 23.1. The van der Waals surface area contributed by atoms with Gasteiger partial charge in [0.1, 0.15) is 16.8 Å². The van der Waals surface area contributed by atoms with Crippen molar-refractivity contribution < 1.29 is 9.72 Å². The Labute approximate surface area is 190 Å². The van der Waals surface area contributed by atoms with Gasteiger partial charge in [0.2, 0.25) is 5.91 Å². The van der Waals surface area contributed by atoms with Gasteiger partial charge in [-0.15, -0.1) is 10.2 Å². The predicted octanol–water partition coefficient (Wildman–Crippen LogP) is 5.43. The van der Waals surface area contributed by atoms with Crippen molar-refractivity contribution in [3.8, 4) is 0 Å². The molecular weight excluding hydrogens is 426 g/mol. The van der Waals surface area contributed by atoms with Crippen LogP contribution in [0.5, 0.6) is 0 Å². The van der Waals surface area contributed by atoms with E-state index in [1.54, 1.807) is 19.1 Å². The first-order valence-corrected chi connectivity index (χ1v) is 11.5. The number of benzene rings is 2. The van der Waals surface area contributed by atoms with Gasteiger partial charge in [0.15, 0.2) is 5.16 Å². The lowest BCUT2D eigenvalue weighted by molar-refractivity contribution is -0.384. The molecule has 0 spiro atoms. The zero-order valence-electron chi connectivity index (χ0n) is 18.2. The zero-order valence-corrected chi connectivity index (χ0v) is 19.0. The summed E-state index contributed by atoms with van der Waals surface area (Å²) in [6.45, 7) is 5.93. The summed E-state index contributed by atoms with van der Waals surface area (Å²) in [5.41, 5.74) is 1.60. The van der Waals surface area contributed by atoms with Crippen LogP contribution in [0.1, 0.15) is 60.9 Å². The molecule has 1 unspecified atom stereocenters. The van der Waals surface area contributed by atoms with Crippen LogP contribution in [0.2, 0.25) is 0 Å². The second-order valence-electron chi connectivity index (χ2n) is 8.27. The van der Waals surface area contributed by atoms with E-state index in [1.807, 2.05) is 30.3 Å². The van der Waals surface area contributed by atoms with Gasteiger partial charge < -0.3 is 9.88 Å². The summed E-state index contributed by atoms with van der Waals surface area (Å²) in [6.07, 6.45) is 2.15. The Morgan fingerprint density at radius 3 is 2.53 bits per heavy atom. The minimum Gasteiger partial charge on any atom is -0.319 e. The van der Waals surface area contributed by atoms with E-state index in [1.165, 1.54) is 17.8 Å². The first-order chi connectivity index (χ1) is 15.3. The number of rotatable bonds is 8. The minimum atomic E-state index is -0.640. The van der Waals surface area contributed by atoms with Crippen LogP contribution in [0, 0.1) is 17.0 Å². The highest BCUT2D eigenvalue weighted by molar-refractivity contribution is 8.00. The molecule has 1 atom stereocenters. The molecule has 0 bridgehead atoms. The van der Waals surface area contributed by atoms with E-state index in [9.17, 15) is 14.9 Å². The predicted molar refractivity (Wildman–Crippen MR) is 124 cm³/mol. The van der Waals surface area contributed by atoms with Gasteiger partial charge in [0, 0.05) is 18.0 Å². The van der Waals surface area contributed by atoms with Gasteiger partial charge in [0.05, 0.1) is 4.92 Å². The summed E-state index contributed by atoms with van der Waals surface area (Å²) >= 11 is 1.33. The van der Waals surface area contributed by atoms with Crippen LogP contribution in [-0.2, 0) is 4.79 Å². The smallest absolute Gasteiger partial charge is 0.293 e. The van der Waals surface area contributed by atoms with Crippen LogP contribution >= 0.6 is 11.8 Å². The van der Waals surface area contributed by atoms with E-state index in [-0.39, 0.29) is 23.2 Å². The summed E-state index contributed by atoms with van der Waals surface area (Å²) in [7, 11) is 0. The van der Waals surface area contributed by atoms with Crippen LogP contribution in [0.4, 0.5) is 11.4 Å². The van der Waals surface area contributed by atoms with Crippen molar-refractivity contribution in [3.05, 3.63) is 75.6 Å². The average Bonchev–Trinajstić information content (AvgIpc) is 3.52. The summed E-state index contributed by atoms with van der Waals surface area (Å²) in [4.78, 5) is 24.4. The maximum absolute atomic E-state index is 13.4. The number of anilines is 1. The number of carbonyl (C=O) groups excluding carboxylic acids is 1. The fraction of sp³-hybridized carbons (Fsp3) is 0.348. The highest BCUT2D eigenvalue weighted by Gasteiger charge is 2.33. The quantitative estimate of drug-likeness (QED) is 0.278. The number of carbonyl (C=O) groups is 1. The van der Waals surface area contributed by atoms with Crippen LogP contribution in [-0.4, -0.2) is 25.6 Å². The van der Waals surface area contributed by atoms with Gasteiger partial charge in [0.25, 0.3) is 5.69 Å². The van der Waals surface area contributed by atoms with Crippen molar-refractivity contribution in [1.82, 2.24) is 14.8 Å². The number of hydrogen-bond donors (Lipinski definition) is 1. The Hall–Kier alpha value is -3.20. The van der Waals surface area contributed by atoms with Gasteiger partial charge in [-0.3, -0.25) is 14.9 Å². The third-order valence-electron chi connectivity index (χ3n) is 5.29. The molecule has 9 heteroatoms. The number of amides is 1. The lowest BCUT2D eigenvalue weighted by Gasteiger charge is -2.18. The lowest BCUT2D eigenvalue weighted by atomic mass is 10.1. The fourth-order valence-electron chi connectivity index (χ4n) is 3.54. The van der Waals surface area contributed by atoms with Crippen molar-refractivity contribution in [2.45, 2.75) is 56.0 Å². The van der Waals surface area contributed by atoms with Crippen molar-refractivity contribution in [3.63, 3.8) is 0 Å². The van der Waals surface area contributed by atoms with Crippen molar-refractivity contribution in [2.75, 3.05) is 5.32 Å². The van der Waals surface area contributed by atoms with Crippen molar-refractivity contribution in [1.29, 1.82) is 0 Å². The monoisotopic (exact) mass is 451 g/mol. The average molecular weight is 452 g/mol. The third kappa shape index (κ3) is 4.67. The second kappa shape index (κ2) is 9.12. The zero-order chi connectivity index (χ0) is 22.8. The molecule has 1 aromatic heterocycles. The van der Waals surface area contributed by atoms with E-state index in [4.69, 9.17) is 0 Å². The number of nitrogens with zero attached hydrogens (tertiary/aromatic N) is 4.